The van der Waals surface area contributed by atoms with Crippen LogP contribution in [0, 0.1) is 0 Å². The lowest BCUT2D eigenvalue weighted by Crippen LogP contribution is -2.41. The SMILES string of the molecule is CCCOc1cccc(NC2CCCN(CC)C2)c1N. The van der Waals surface area contributed by atoms with Crippen LogP contribution in [-0.4, -0.2) is 37.2 Å². The summed E-state index contributed by atoms with van der Waals surface area (Å²) in [6.07, 6.45) is 3.44. The normalized spacial score (nSPS) is 19.8. The molecule has 1 unspecified atom stereocenters. The van der Waals surface area contributed by atoms with Crippen LogP contribution < -0.4 is 15.8 Å². The average Bonchev–Trinajstić information content (AvgIpc) is 2.48. The van der Waals surface area contributed by atoms with Crippen molar-refractivity contribution in [3.8, 4) is 5.75 Å². The Kier molecular flexibility index (Phi) is 5.53. The van der Waals surface area contributed by atoms with Gasteiger partial charge in [-0.25, -0.2) is 0 Å². The lowest BCUT2D eigenvalue weighted by Gasteiger charge is -2.33. The summed E-state index contributed by atoms with van der Waals surface area (Å²) in [4.78, 5) is 2.48. The number of ether oxygens (including phenoxy) is 1. The van der Waals surface area contributed by atoms with E-state index in [9.17, 15) is 0 Å². The minimum absolute atomic E-state index is 0.479. The van der Waals surface area contributed by atoms with E-state index in [-0.39, 0.29) is 0 Å². The second-order valence-corrected chi connectivity index (χ2v) is 5.44. The fourth-order valence-electron chi connectivity index (χ4n) is 2.69. The number of nitrogens with one attached hydrogen (secondary N) is 1. The molecule has 0 bridgehead atoms. The molecule has 1 atom stereocenters. The third-order valence-electron chi connectivity index (χ3n) is 3.84. The van der Waals surface area contributed by atoms with Gasteiger partial charge in [-0.2, -0.15) is 0 Å². The molecule has 0 aliphatic carbocycles. The van der Waals surface area contributed by atoms with Crippen molar-refractivity contribution in [3.05, 3.63) is 18.2 Å². The molecule has 20 heavy (non-hydrogen) atoms. The second-order valence-electron chi connectivity index (χ2n) is 5.44. The van der Waals surface area contributed by atoms with Crippen molar-refractivity contribution in [1.29, 1.82) is 0 Å². The number of nitrogens with zero attached hydrogens (tertiary/aromatic N) is 1. The van der Waals surface area contributed by atoms with Gasteiger partial charge in [0.1, 0.15) is 5.75 Å². The summed E-state index contributed by atoms with van der Waals surface area (Å²) in [6, 6.07) is 6.46. The Labute approximate surface area is 122 Å². The maximum absolute atomic E-state index is 6.21. The molecule has 0 amide bonds. The molecule has 0 saturated carbocycles. The Morgan fingerprint density at radius 2 is 2.25 bits per heavy atom. The second kappa shape index (κ2) is 7.39. The Morgan fingerprint density at radius 1 is 1.40 bits per heavy atom. The number of anilines is 2. The molecule has 0 spiro atoms. The number of hydrogen-bond donors (Lipinski definition) is 2. The Balaban J connectivity index is 2.01. The largest absolute Gasteiger partial charge is 0.491 e. The van der Waals surface area contributed by atoms with Gasteiger partial charge in [-0.3, -0.25) is 0 Å². The van der Waals surface area contributed by atoms with Gasteiger partial charge in [-0.05, 0) is 44.5 Å². The van der Waals surface area contributed by atoms with Crippen LogP contribution in [0.3, 0.4) is 0 Å². The van der Waals surface area contributed by atoms with E-state index in [0.29, 0.717) is 12.6 Å². The molecule has 0 radical (unpaired) electrons. The highest BCUT2D eigenvalue weighted by Gasteiger charge is 2.19. The van der Waals surface area contributed by atoms with Gasteiger partial charge in [0.05, 0.1) is 18.0 Å². The van der Waals surface area contributed by atoms with Crippen LogP contribution in [0.25, 0.3) is 0 Å². The number of piperidine rings is 1. The zero-order valence-corrected chi connectivity index (χ0v) is 12.7. The van der Waals surface area contributed by atoms with Gasteiger partial charge in [0.25, 0.3) is 0 Å². The number of para-hydroxylation sites is 1. The first kappa shape index (κ1) is 15.0. The van der Waals surface area contributed by atoms with E-state index in [2.05, 4.69) is 24.1 Å². The summed E-state index contributed by atoms with van der Waals surface area (Å²) in [5.74, 6) is 0.792. The maximum Gasteiger partial charge on any atom is 0.144 e. The third-order valence-corrected chi connectivity index (χ3v) is 3.84. The molecule has 2 rings (SSSR count). The minimum atomic E-state index is 0.479. The molecule has 1 aliphatic heterocycles. The van der Waals surface area contributed by atoms with Crippen molar-refractivity contribution >= 4 is 11.4 Å². The first-order chi connectivity index (χ1) is 9.74. The van der Waals surface area contributed by atoms with Gasteiger partial charge in [-0.1, -0.05) is 19.9 Å². The van der Waals surface area contributed by atoms with Crippen LogP contribution in [0.1, 0.15) is 33.1 Å². The minimum Gasteiger partial charge on any atom is -0.491 e. The van der Waals surface area contributed by atoms with Crippen molar-refractivity contribution in [1.82, 2.24) is 4.90 Å². The third kappa shape index (κ3) is 3.79. The molecular weight excluding hydrogens is 250 g/mol. The van der Waals surface area contributed by atoms with Crippen molar-refractivity contribution in [2.24, 2.45) is 0 Å². The number of likely N-dealkylation sites (N-methyl/N-ethyl adjacent to an activating group) is 1. The zero-order valence-electron chi connectivity index (χ0n) is 12.7. The van der Waals surface area contributed by atoms with E-state index in [1.54, 1.807) is 0 Å². The van der Waals surface area contributed by atoms with E-state index in [4.69, 9.17) is 10.5 Å². The zero-order chi connectivity index (χ0) is 14.4. The highest BCUT2D eigenvalue weighted by atomic mass is 16.5. The van der Waals surface area contributed by atoms with Crippen LogP contribution in [0.4, 0.5) is 11.4 Å². The van der Waals surface area contributed by atoms with Crippen LogP contribution in [-0.2, 0) is 0 Å². The lowest BCUT2D eigenvalue weighted by atomic mass is 10.1. The monoisotopic (exact) mass is 277 g/mol. The first-order valence-corrected chi connectivity index (χ1v) is 7.74. The molecule has 112 valence electrons. The molecule has 3 N–H and O–H groups in total. The van der Waals surface area contributed by atoms with Gasteiger partial charge in [0.2, 0.25) is 0 Å². The Morgan fingerprint density at radius 3 is 3.00 bits per heavy atom. The van der Waals surface area contributed by atoms with E-state index in [1.165, 1.54) is 19.4 Å². The summed E-state index contributed by atoms with van der Waals surface area (Å²) in [5, 5.41) is 3.58. The van der Waals surface area contributed by atoms with E-state index in [0.717, 1.165) is 36.6 Å². The summed E-state index contributed by atoms with van der Waals surface area (Å²) in [5.41, 5.74) is 7.94. The van der Waals surface area contributed by atoms with Gasteiger partial charge < -0.3 is 20.7 Å². The quantitative estimate of drug-likeness (QED) is 0.785. The predicted molar refractivity (Wildman–Crippen MR) is 85.4 cm³/mol. The summed E-state index contributed by atoms with van der Waals surface area (Å²) in [7, 11) is 0. The van der Waals surface area contributed by atoms with Crippen LogP contribution >= 0.6 is 0 Å². The molecule has 0 aromatic heterocycles. The summed E-state index contributed by atoms with van der Waals surface area (Å²) in [6.45, 7) is 8.45. The van der Waals surface area contributed by atoms with E-state index >= 15 is 0 Å². The van der Waals surface area contributed by atoms with Gasteiger partial charge >= 0.3 is 0 Å². The molecule has 1 heterocycles. The topological polar surface area (TPSA) is 50.5 Å². The number of likely N-dealkylation sites (tertiary alicyclic amines) is 1. The summed E-state index contributed by atoms with van der Waals surface area (Å²) >= 11 is 0. The summed E-state index contributed by atoms with van der Waals surface area (Å²) < 4.78 is 5.68. The first-order valence-electron chi connectivity index (χ1n) is 7.74. The van der Waals surface area contributed by atoms with Crippen LogP contribution in [0.5, 0.6) is 5.75 Å². The number of nitrogen functional groups attached to an aromatic ring is 1. The number of hydrogen-bond acceptors (Lipinski definition) is 4. The van der Waals surface area contributed by atoms with Crippen LogP contribution in [0.15, 0.2) is 18.2 Å². The molecule has 1 aliphatic rings. The fourth-order valence-corrected chi connectivity index (χ4v) is 2.69. The smallest absolute Gasteiger partial charge is 0.144 e. The standard InChI is InChI=1S/C16H27N3O/c1-3-11-20-15-9-5-8-14(16(15)17)18-13-7-6-10-19(4-2)12-13/h5,8-9,13,18H,3-4,6-7,10-12,17H2,1-2H3. The molecule has 1 fully saturated rings. The van der Waals surface area contributed by atoms with Gasteiger partial charge in [-0.15, -0.1) is 0 Å². The predicted octanol–water partition coefficient (Wildman–Crippen LogP) is 2.95. The highest BCUT2D eigenvalue weighted by molar-refractivity contribution is 5.73. The molecular formula is C16H27N3O. The number of rotatable bonds is 6. The molecule has 1 saturated heterocycles. The Hall–Kier alpha value is -1.42. The highest BCUT2D eigenvalue weighted by Crippen LogP contribution is 2.30. The average molecular weight is 277 g/mol. The van der Waals surface area contributed by atoms with Crippen molar-refractivity contribution in [2.75, 3.05) is 37.3 Å². The fraction of sp³-hybridized carbons (Fsp3) is 0.625. The lowest BCUT2D eigenvalue weighted by molar-refractivity contribution is 0.227. The number of nitrogens with two attached hydrogens (primary N) is 1. The molecule has 4 heteroatoms. The van der Waals surface area contributed by atoms with E-state index < -0.39 is 0 Å². The van der Waals surface area contributed by atoms with Crippen molar-refractivity contribution < 1.29 is 4.74 Å². The van der Waals surface area contributed by atoms with Crippen molar-refractivity contribution in [3.63, 3.8) is 0 Å². The maximum atomic E-state index is 6.21. The molecule has 4 nitrogen and oxygen atoms in total. The van der Waals surface area contributed by atoms with Crippen LogP contribution in [0.2, 0.25) is 0 Å². The van der Waals surface area contributed by atoms with Crippen molar-refractivity contribution in [2.45, 2.75) is 39.2 Å². The van der Waals surface area contributed by atoms with Gasteiger partial charge in [0.15, 0.2) is 0 Å². The number of benzene rings is 1. The Bertz CT molecular complexity index is 422. The molecule has 1 aromatic rings. The van der Waals surface area contributed by atoms with Gasteiger partial charge in [0, 0.05) is 12.6 Å². The van der Waals surface area contributed by atoms with E-state index in [1.807, 2.05) is 18.2 Å². The molecule has 1 aromatic carbocycles.